The summed E-state index contributed by atoms with van der Waals surface area (Å²) in [6.45, 7) is 7.75. The summed E-state index contributed by atoms with van der Waals surface area (Å²) in [5.41, 5.74) is 3.67. The molecule has 2 aromatic carbocycles. The Morgan fingerprint density at radius 1 is 1.24 bits per heavy atom. The zero-order valence-electron chi connectivity index (χ0n) is 18.5. The van der Waals surface area contributed by atoms with E-state index in [1.165, 1.54) is 17.3 Å². The summed E-state index contributed by atoms with van der Waals surface area (Å²) in [5, 5.41) is 3.35. The molecule has 172 valence electrons. The number of allylic oxidation sites excluding steroid dienone is 1. The van der Waals surface area contributed by atoms with E-state index in [2.05, 4.69) is 39.7 Å². The third-order valence-corrected chi connectivity index (χ3v) is 6.17. The van der Waals surface area contributed by atoms with Gasteiger partial charge in [-0.3, -0.25) is 4.79 Å². The second-order valence-corrected chi connectivity index (χ2v) is 8.96. The number of nitrogens with one attached hydrogen (secondary N) is 1. The quantitative estimate of drug-likeness (QED) is 0.261. The molecule has 1 N–H and O–H groups in total. The van der Waals surface area contributed by atoms with E-state index in [1.807, 2.05) is 36.4 Å². The van der Waals surface area contributed by atoms with Crippen LogP contribution in [0.3, 0.4) is 0 Å². The van der Waals surface area contributed by atoms with E-state index in [9.17, 15) is 9.59 Å². The Morgan fingerprint density at radius 3 is 2.67 bits per heavy atom. The second-order valence-electron chi connectivity index (χ2n) is 7.08. The Hall–Kier alpha value is -2.84. The zero-order chi connectivity index (χ0) is 23.8. The number of amides is 1. The molecule has 1 fully saturated rings. The number of hydrogen-bond acceptors (Lipinski definition) is 6. The Bertz CT molecular complexity index is 1110. The van der Waals surface area contributed by atoms with E-state index in [0.29, 0.717) is 33.3 Å². The molecule has 0 aromatic heterocycles. The van der Waals surface area contributed by atoms with E-state index in [4.69, 9.17) is 9.47 Å². The predicted molar refractivity (Wildman–Crippen MR) is 137 cm³/mol. The molecule has 1 saturated heterocycles. The van der Waals surface area contributed by atoms with Gasteiger partial charge in [-0.25, -0.2) is 9.79 Å². The molecular formula is C25H25BrN2O4S. The predicted octanol–water partition coefficient (Wildman–Crippen LogP) is 5.57. The van der Waals surface area contributed by atoms with E-state index >= 15 is 0 Å². The van der Waals surface area contributed by atoms with Crippen LogP contribution in [0.15, 0.2) is 63.4 Å². The molecule has 0 spiro atoms. The summed E-state index contributed by atoms with van der Waals surface area (Å²) in [7, 11) is 0. The van der Waals surface area contributed by atoms with Crippen molar-refractivity contribution < 1.29 is 19.1 Å². The fourth-order valence-corrected chi connectivity index (χ4v) is 4.59. The molecule has 33 heavy (non-hydrogen) atoms. The SMILES string of the molecule is C=CCc1cc(/C=C2\SC(=Nc3ccc(CC)cc3)NC2=O)cc(Br)c1OCC(=O)OCC. The maximum absolute atomic E-state index is 12.5. The molecule has 0 atom stereocenters. The van der Waals surface area contributed by atoms with Crippen molar-refractivity contribution >= 4 is 56.5 Å². The molecule has 6 nitrogen and oxygen atoms in total. The van der Waals surface area contributed by atoms with Crippen LogP contribution in [0.25, 0.3) is 6.08 Å². The van der Waals surface area contributed by atoms with Crippen molar-refractivity contribution in [2.75, 3.05) is 13.2 Å². The number of aliphatic imine (C=N–C) groups is 1. The Labute approximate surface area is 206 Å². The van der Waals surface area contributed by atoms with Crippen LogP contribution in [0.4, 0.5) is 5.69 Å². The minimum Gasteiger partial charge on any atom is -0.480 e. The zero-order valence-corrected chi connectivity index (χ0v) is 20.9. The second kappa shape index (κ2) is 11.9. The molecule has 1 aliphatic rings. The highest BCUT2D eigenvalue weighted by Gasteiger charge is 2.24. The Balaban J connectivity index is 1.81. The van der Waals surface area contributed by atoms with E-state index in [1.54, 1.807) is 19.1 Å². The number of hydrogen-bond donors (Lipinski definition) is 1. The van der Waals surface area contributed by atoms with Crippen molar-refractivity contribution in [2.24, 2.45) is 4.99 Å². The van der Waals surface area contributed by atoms with Crippen LogP contribution in [0.5, 0.6) is 5.75 Å². The first-order chi connectivity index (χ1) is 15.9. The van der Waals surface area contributed by atoms with Crippen molar-refractivity contribution in [1.82, 2.24) is 5.32 Å². The fourth-order valence-electron chi connectivity index (χ4n) is 3.11. The number of carbonyl (C=O) groups excluding carboxylic acids is 2. The minimum absolute atomic E-state index is 0.186. The molecule has 2 aromatic rings. The average Bonchev–Trinajstić information content (AvgIpc) is 3.12. The molecule has 8 heteroatoms. The van der Waals surface area contributed by atoms with Crippen molar-refractivity contribution in [3.8, 4) is 5.75 Å². The van der Waals surface area contributed by atoms with Gasteiger partial charge in [-0.2, -0.15) is 0 Å². The van der Waals surface area contributed by atoms with Gasteiger partial charge in [-0.1, -0.05) is 25.1 Å². The van der Waals surface area contributed by atoms with Gasteiger partial charge in [0.1, 0.15) is 5.75 Å². The topological polar surface area (TPSA) is 77.0 Å². The average molecular weight is 529 g/mol. The summed E-state index contributed by atoms with van der Waals surface area (Å²) >= 11 is 4.81. The van der Waals surface area contributed by atoms with Crippen molar-refractivity contribution in [1.29, 1.82) is 0 Å². The number of esters is 1. The van der Waals surface area contributed by atoms with E-state index < -0.39 is 5.97 Å². The van der Waals surface area contributed by atoms with Crippen molar-refractivity contribution in [2.45, 2.75) is 26.7 Å². The van der Waals surface area contributed by atoms with Crippen molar-refractivity contribution in [3.63, 3.8) is 0 Å². The molecule has 1 aliphatic heterocycles. The van der Waals surface area contributed by atoms with Gasteiger partial charge < -0.3 is 14.8 Å². The van der Waals surface area contributed by atoms with E-state index in [0.717, 1.165) is 23.2 Å². The summed E-state index contributed by atoms with van der Waals surface area (Å²) < 4.78 is 11.3. The van der Waals surface area contributed by atoms with Crippen LogP contribution < -0.4 is 10.1 Å². The van der Waals surface area contributed by atoms with Gasteiger partial charge in [0.05, 0.1) is 21.7 Å². The fraction of sp³-hybridized carbons (Fsp3) is 0.240. The molecule has 0 aliphatic carbocycles. The number of rotatable bonds is 9. The summed E-state index contributed by atoms with van der Waals surface area (Å²) in [6.07, 6.45) is 5.05. The van der Waals surface area contributed by atoms with Crippen LogP contribution in [0, 0.1) is 0 Å². The summed E-state index contributed by atoms with van der Waals surface area (Å²) in [5.74, 6) is -0.0882. The number of aryl methyl sites for hydroxylation is 1. The number of carbonyl (C=O) groups is 2. The van der Waals surface area contributed by atoms with Crippen LogP contribution in [0.1, 0.15) is 30.5 Å². The third-order valence-electron chi connectivity index (χ3n) is 4.67. The van der Waals surface area contributed by atoms with Crippen LogP contribution in [0.2, 0.25) is 0 Å². The molecule has 3 rings (SSSR count). The third kappa shape index (κ3) is 6.82. The Morgan fingerprint density at radius 2 is 2.00 bits per heavy atom. The number of ether oxygens (including phenoxy) is 2. The number of amidine groups is 1. The molecule has 0 bridgehead atoms. The monoisotopic (exact) mass is 528 g/mol. The number of halogens is 1. The van der Waals surface area contributed by atoms with Gasteiger partial charge in [0.2, 0.25) is 0 Å². The van der Waals surface area contributed by atoms with Crippen molar-refractivity contribution in [3.05, 3.63) is 75.1 Å². The standard InChI is InChI=1S/C25H25BrN2O4S/c1-4-7-18-12-17(13-20(26)23(18)32-15-22(29)31-6-3)14-21-24(30)28-25(33-21)27-19-10-8-16(5-2)9-11-19/h4,8-14H,1,5-7,15H2,2-3H3,(H,27,28,30)/b21-14-. The van der Waals surface area contributed by atoms with Gasteiger partial charge in [0.25, 0.3) is 5.91 Å². The lowest BCUT2D eigenvalue weighted by Gasteiger charge is -2.13. The molecule has 1 amide bonds. The van der Waals surface area contributed by atoms with Gasteiger partial charge in [-0.05, 0) is 94.5 Å². The number of thioether (sulfide) groups is 1. The van der Waals surface area contributed by atoms with Crippen LogP contribution in [-0.2, 0) is 27.2 Å². The lowest BCUT2D eigenvalue weighted by molar-refractivity contribution is -0.145. The van der Waals surface area contributed by atoms with Gasteiger partial charge in [0.15, 0.2) is 11.8 Å². The molecule has 1 heterocycles. The largest absolute Gasteiger partial charge is 0.480 e. The highest BCUT2D eigenvalue weighted by molar-refractivity contribution is 9.10. The first-order valence-electron chi connectivity index (χ1n) is 10.5. The first-order valence-corrected chi connectivity index (χ1v) is 12.1. The highest BCUT2D eigenvalue weighted by Crippen LogP contribution is 2.34. The smallest absolute Gasteiger partial charge is 0.344 e. The maximum atomic E-state index is 12.5. The first kappa shape index (κ1) is 24.8. The van der Waals surface area contributed by atoms with Gasteiger partial charge in [0, 0.05) is 0 Å². The van der Waals surface area contributed by atoms with Gasteiger partial charge >= 0.3 is 5.97 Å². The lowest BCUT2D eigenvalue weighted by Crippen LogP contribution is -2.19. The summed E-state index contributed by atoms with van der Waals surface area (Å²) in [6, 6.07) is 11.7. The maximum Gasteiger partial charge on any atom is 0.344 e. The van der Waals surface area contributed by atoms with Crippen LogP contribution in [-0.4, -0.2) is 30.3 Å². The Kier molecular flexibility index (Phi) is 8.91. The molecule has 0 radical (unpaired) electrons. The van der Waals surface area contributed by atoms with Gasteiger partial charge in [-0.15, -0.1) is 6.58 Å². The molecule has 0 unspecified atom stereocenters. The lowest BCUT2D eigenvalue weighted by atomic mass is 10.1. The molecular weight excluding hydrogens is 504 g/mol. The summed E-state index contributed by atoms with van der Waals surface area (Å²) in [4.78, 5) is 29.2. The number of nitrogens with zero attached hydrogens (tertiary/aromatic N) is 1. The molecule has 0 saturated carbocycles. The number of benzene rings is 2. The normalized spacial score (nSPS) is 15.5. The minimum atomic E-state index is -0.435. The van der Waals surface area contributed by atoms with Crippen LogP contribution >= 0.6 is 27.7 Å². The highest BCUT2D eigenvalue weighted by atomic mass is 79.9. The van der Waals surface area contributed by atoms with E-state index in [-0.39, 0.29) is 12.5 Å².